The summed E-state index contributed by atoms with van der Waals surface area (Å²) in [6, 6.07) is 15.1. The molecule has 2 aromatic carbocycles. The number of benzene rings is 2. The van der Waals surface area contributed by atoms with Crippen LogP contribution in [0.4, 0.5) is 4.39 Å². The fourth-order valence-electron chi connectivity index (χ4n) is 5.05. The molecular formula is C20H21FN2. The minimum atomic E-state index is -0.107. The lowest BCUT2D eigenvalue weighted by atomic mass is 9.86. The first-order chi connectivity index (χ1) is 11.2. The Morgan fingerprint density at radius 3 is 2.78 bits per heavy atom. The molecule has 5 rings (SSSR count). The maximum Gasteiger partial charge on any atom is 0.123 e. The van der Waals surface area contributed by atoms with Crippen molar-refractivity contribution in [2.24, 2.45) is 0 Å². The molecule has 118 valence electrons. The molecule has 2 heterocycles. The Kier molecular flexibility index (Phi) is 2.91. The molecule has 0 radical (unpaired) electrons. The SMILES string of the molecule is CN1C[C@@H]2C[C@@H]3c4ccccc4Cc4ccc(F)cc4[C@H]3N2C1. The molecule has 2 fully saturated rings. The van der Waals surface area contributed by atoms with E-state index in [4.69, 9.17) is 0 Å². The molecule has 0 spiro atoms. The van der Waals surface area contributed by atoms with Gasteiger partial charge in [-0.15, -0.1) is 0 Å². The predicted octanol–water partition coefficient (Wildman–Crippen LogP) is 3.53. The highest BCUT2D eigenvalue weighted by Gasteiger charge is 2.48. The summed E-state index contributed by atoms with van der Waals surface area (Å²) in [5.74, 6) is 0.386. The van der Waals surface area contributed by atoms with Crippen LogP contribution in [-0.4, -0.2) is 36.1 Å². The van der Waals surface area contributed by atoms with Crippen LogP contribution >= 0.6 is 0 Å². The van der Waals surface area contributed by atoms with E-state index in [1.165, 1.54) is 28.7 Å². The Morgan fingerprint density at radius 2 is 1.87 bits per heavy atom. The van der Waals surface area contributed by atoms with E-state index in [1.807, 2.05) is 6.07 Å². The third-order valence-electron chi connectivity index (χ3n) is 5.92. The largest absolute Gasteiger partial charge is 0.292 e. The highest BCUT2D eigenvalue weighted by molar-refractivity contribution is 5.46. The van der Waals surface area contributed by atoms with Gasteiger partial charge < -0.3 is 0 Å². The zero-order chi connectivity index (χ0) is 15.6. The van der Waals surface area contributed by atoms with Gasteiger partial charge in [0, 0.05) is 24.5 Å². The van der Waals surface area contributed by atoms with E-state index < -0.39 is 0 Å². The average molecular weight is 308 g/mol. The summed E-state index contributed by atoms with van der Waals surface area (Å²) in [5.41, 5.74) is 5.40. The molecule has 0 amide bonds. The number of hydrogen-bond acceptors (Lipinski definition) is 2. The second-order valence-electron chi connectivity index (χ2n) is 7.35. The molecule has 3 heteroatoms. The van der Waals surface area contributed by atoms with Crippen molar-refractivity contribution in [2.75, 3.05) is 20.3 Å². The second kappa shape index (κ2) is 4.89. The van der Waals surface area contributed by atoms with Gasteiger partial charge in [-0.2, -0.15) is 0 Å². The van der Waals surface area contributed by atoms with E-state index in [0.717, 1.165) is 19.6 Å². The third kappa shape index (κ3) is 2.00. The average Bonchev–Trinajstić information content (AvgIpc) is 3.01. The monoisotopic (exact) mass is 308 g/mol. The second-order valence-corrected chi connectivity index (χ2v) is 7.35. The van der Waals surface area contributed by atoms with Crippen LogP contribution in [0.5, 0.6) is 0 Å². The van der Waals surface area contributed by atoms with Crippen molar-refractivity contribution < 1.29 is 4.39 Å². The van der Waals surface area contributed by atoms with Crippen LogP contribution in [0.3, 0.4) is 0 Å². The van der Waals surface area contributed by atoms with Gasteiger partial charge in [0.15, 0.2) is 0 Å². The van der Waals surface area contributed by atoms with Crippen molar-refractivity contribution in [1.29, 1.82) is 0 Å². The Labute approximate surface area is 136 Å². The lowest BCUT2D eigenvalue weighted by molar-refractivity contribution is 0.208. The number of fused-ring (bicyclic) bond motifs is 7. The minimum absolute atomic E-state index is 0.107. The quantitative estimate of drug-likeness (QED) is 0.734. The molecule has 2 aliphatic heterocycles. The first-order valence-electron chi connectivity index (χ1n) is 8.51. The van der Waals surface area contributed by atoms with Gasteiger partial charge >= 0.3 is 0 Å². The number of nitrogens with zero attached hydrogens (tertiary/aromatic N) is 2. The summed E-state index contributed by atoms with van der Waals surface area (Å²) < 4.78 is 14.0. The standard InChI is InChI=1S/C20H21FN2/c1-22-11-16-10-19-17-5-3-2-4-13(17)8-14-6-7-15(21)9-18(14)20(19)23(16)12-22/h2-7,9,16,19-20H,8,10-12H2,1H3/t16-,19+,20+/m0/s1. The summed E-state index contributed by atoms with van der Waals surface area (Å²) in [6.45, 7) is 2.11. The van der Waals surface area contributed by atoms with Crippen molar-refractivity contribution in [1.82, 2.24) is 9.80 Å². The molecule has 0 bridgehead atoms. The fourth-order valence-corrected chi connectivity index (χ4v) is 5.05. The van der Waals surface area contributed by atoms with Gasteiger partial charge in [0.05, 0.1) is 6.67 Å². The summed E-state index contributed by atoms with van der Waals surface area (Å²) in [4.78, 5) is 4.99. The van der Waals surface area contributed by atoms with E-state index in [1.54, 1.807) is 12.1 Å². The van der Waals surface area contributed by atoms with Gasteiger partial charge in [0.1, 0.15) is 5.82 Å². The molecule has 0 unspecified atom stereocenters. The Balaban J connectivity index is 1.72. The molecule has 0 aromatic heterocycles. The lowest BCUT2D eigenvalue weighted by Gasteiger charge is -2.28. The van der Waals surface area contributed by atoms with Gasteiger partial charge in [-0.1, -0.05) is 30.3 Å². The zero-order valence-corrected chi connectivity index (χ0v) is 13.4. The van der Waals surface area contributed by atoms with Gasteiger partial charge in [0.25, 0.3) is 0 Å². The smallest absolute Gasteiger partial charge is 0.123 e. The summed E-state index contributed by atoms with van der Waals surface area (Å²) in [5, 5.41) is 0. The van der Waals surface area contributed by atoms with Crippen LogP contribution < -0.4 is 0 Å². The van der Waals surface area contributed by atoms with Crippen LogP contribution in [0.25, 0.3) is 0 Å². The van der Waals surface area contributed by atoms with Crippen LogP contribution in [0.1, 0.15) is 40.6 Å². The van der Waals surface area contributed by atoms with Gasteiger partial charge in [-0.3, -0.25) is 9.80 Å². The highest BCUT2D eigenvalue weighted by Crippen LogP contribution is 2.52. The summed E-state index contributed by atoms with van der Waals surface area (Å²) in [7, 11) is 2.18. The maximum absolute atomic E-state index is 14.0. The van der Waals surface area contributed by atoms with E-state index in [2.05, 4.69) is 41.1 Å². The molecule has 2 aromatic rings. The molecular weight excluding hydrogens is 287 g/mol. The van der Waals surface area contributed by atoms with Gasteiger partial charge in [0.2, 0.25) is 0 Å². The van der Waals surface area contributed by atoms with Crippen LogP contribution in [-0.2, 0) is 6.42 Å². The van der Waals surface area contributed by atoms with Crippen molar-refractivity contribution in [3.05, 3.63) is 70.5 Å². The van der Waals surface area contributed by atoms with Crippen LogP contribution in [0.15, 0.2) is 42.5 Å². The highest BCUT2D eigenvalue weighted by atomic mass is 19.1. The van der Waals surface area contributed by atoms with Crippen molar-refractivity contribution >= 4 is 0 Å². The van der Waals surface area contributed by atoms with E-state index in [9.17, 15) is 4.39 Å². The van der Waals surface area contributed by atoms with Gasteiger partial charge in [-0.25, -0.2) is 4.39 Å². The molecule has 2 nitrogen and oxygen atoms in total. The molecule has 2 saturated heterocycles. The fraction of sp³-hybridized carbons (Fsp3) is 0.400. The molecule has 23 heavy (non-hydrogen) atoms. The Morgan fingerprint density at radius 1 is 1.04 bits per heavy atom. The van der Waals surface area contributed by atoms with Crippen LogP contribution in [0, 0.1) is 5.82 Å². The number of rotatable bonds is 0. The zero-order valence-electron chi connectivity index (χ0n) is 13.4. The number of halogens is 1. The van der Waals surface area contributed by atoms with Crippen molar-refractivity contribution in [3.63, 3.8) is 0 Å². The molecule has 0 saturated carbocycles. The minimum Gasteiger partial charge on any atom is -0.292 e. The Hall–Kier alpha value is -1.71. The van der Waals surface area contributed by atoms with Gasteiger partial charge in [-0.05, 0) is 54.3 Å². The van der Waals surface area contributed by atoms with Crippen molar-refractivity contribution in [3.8, 4) is 0 Å². The normalized spacial score (nSPS) is 29.6. The Bertz CT molecular complexity index is 772. The van der Waals surface area contributed by atoms with Crippen molar-refractivity contribution in [2.45, 2.75) is 30.8 Å². The topological polar surface area (TPSA) is 6.48 Å². The predicted molar refractivity (Wildman–Crippen MR) is 88.9 cm³/mol. The summed E-state index contributed by atoms with van der Waals surface area (Å²) >= 11 is 0. The third-order valence-corrected chi connectivity index (χ3v) is 5.92. The molecule has 3 atom stereocenters. The molecule has 3 aliphatic rings. The maximum atomic E-state index is 14.0. The number of likely N-dealkylation sites (N-methyl/N-ethyl adjacent to an activating group) is 1. The van der Waals surface area contributed by atoms with E-state index in [-0.39, 0.29) is 5.82 Å². The van der Waals surface area contributed by atoms with E-state index >= 15 is 0 Å². The first kappa shape index (κ1) is 13.7. The lowest BCUT2D eigenvalue weighted by Crippen LogP contribution is -2.29. The molecule has 1 aliphatic carbocycles. The molecule has 0 N–H and O–H groups in total. The van der Waals surface area contributed by atoms with Crippen LogP contribution in [0.2, 0.25) is 0 Å². The first-order valence-corrected chi connectivity index (χ1v) is 8.51. The van der Waals surface area contributed by atoms with E-state index in [0.29, 0.717) is 18.0 Å². The number of hydrogen-bond donors (Lipinski definition) is 0. The summed E-state index contributed by atoms with van der Waals surface area (Å²) in [6.07, 6.45) is 2.11.